The van der Waals surface area contributed by atoms with Gasteiger partial charge in [0.1, 0.15) is 11.6 Å². The molecule has 5 rings (SSSR count). The van der Waals surface area contributed by atoms with Crippen molar-refractivity contribution in [2.75, 3.05) is 13.6 Å². The zero-order chi connectivity index (χ0) is 21.8. The van der Waals surface area contributed by atoms with Gasteiger partial charge in [-0.25, -0.2) is 14.4 Å². The zero-order valence-corrected chi connectivity index (χ0v) is 18.2. The number of carbonyl (C=O) groups excluding carboxylic acids is 1. The molecule has 0 N–H and O–H groups in total. The van der Waals surface area contributed by atoms with E-state index in [1.165, 1.54) is 30.0 Å². The molecule has 1 saturated carbocycles. The van der Waals surface area contributed by atoms with Crippen LogP contribution in [0, 0.1) is 12.7 Å². The Kier molecular flexibility index (Phi) is 4.65. The summed E-state index contributed by atoms with van der Waals surface area (Å²) in [5, 5.41) is 0. The summed E-state index contributed by atoms with van der Waals surface area (Å²) in [6, 6.07) is 11.2. The van der Waals surface area contributed by atoms with Crippen LogP contribution in [0.3, 0.4) is 0 Å². The van der Waals surface area contributed by atoms with E-state index in [1.807, 2.05) is 39.1 Å². The van der Waals surface area contributed by atoms with E-state index >= 15 is 0 Å². The molecule has 3 aromatic rings. The maximum atomic E-state index is 14.3. The van der Waals surface area contributed by atoms with Crippen molar-refractivity contribution in [3.05, 3.63) is 82.7 Å². The molecule has 2 aromatic carbocycles. The summed E-state index contributed by atoms with van der Waals surface area (Å²) in [6.07, 6.45) is 6.76. The van der Waals surface area contributed by atoms with Gasteiger partial charge in [0.2, 0.25) is 0 Å². The molecule has 4 nitrogen and oxygen atoms in total. The highest BCUT2D eigenvalue weighted by Crippen LogP contribution is 2.61. The van der Waals surface area contributed by atoms with Gasteiger partial charge in [-0.05, 0) is 73.9 Å². The van der Waals surface area contributed by atoms with Crippen molar-refractivity contribution in [3.8, 4) is 11.1 Å². The lowest BCUT2D eigenvalue weighted by molar-refractivity contribution is 0.0802. The van der Waals surface area contributed by atoms with E-state index in [2.05, 4.69) is 16.0 Å². The molecule has 1 aromatic heterocycles. The van der Waals surface area contributed by atoms with Crippen LogP contribution in [0.4, 0.5) is 4.39 Å². The van der Waals surface area contributed by atoms with Crippen LogP contribution in [0.5, 0.6) is 0 Å². The van der Waals surface area contributed by atoms with Crippen LogP contribution in [-0.4, -0.2) is 34.4 Å². The number of halogens is 1. The summed E-state index contributed by atoms with van der Waals surface area (Å²) >= 11 is 0. The quantitative estimate of drug-likeness (QED) is 0.585. The molecular weight excluding hydrogens is 389 g/mol. The van der Waals surface area contributed by atoms with Crippen molar-refractivity contribution in [2.24, 2.45) is 0 Å². The first kappa shape index (κ1) is 19.9. The summed E-state index contributed by atoms with van der Waals surface area (Å²) < 4.78 is 14.3. The molecule has 2 aliphatic rings. The van der Waals surface area contributed by atoms with Gasteiger partial charge in [0, 0.05) is 48.6 Å². The highest BCUT2D eigenvalue weighted by atomic mass is 19.1. The summed E-state index contributed by atoms with van der Waals surface area (Å²) in [6.45, 7) is 4.58. The SMILES string of the molecule is CCN(C)C(=O)c1ccc2c(c1)C(c1ncc(-c3cc(C)ccc3F)cn1)CC21CC1. The average molecular weight is 416 g/mol. The fourth-order valence-corrected chi connectivity index (χ4v) is 4.81. The number of fused-ring (bicyclic) bond motifs is 2. The van der Waals surface area contributed by atoms with Crippen LogP contribution in [0.1, 0.15) is 65.0 Å². The van der Waals surface area contributed by atoms with E-state index in [0.717, 1.165) is 17.8 Å². The Morgan fingerprint density at radius 3 is 2.58 bits per heavy atom. The molecule has 31 heavy (non-hydrogen) atoms. The van der Waals surface area contributed by atoms with Gasteiger partial charge < -0.3 is 4.90 Å². The molecule has 0 radical (unpaired) electrons. The van der Waals surface area contributed by atoms with E-state index in [4.69, 9.17) is 0 Å². The number of amides is 1. The normalized spacial score (nSPS) is 18.1. The Morgan fingerprint density at radius 2 is 1.90 bits per heavy atom. The van der Waals surface area contributed by atoms with Gasteiger partial charge in [-0.2, -0.15) is 0 Å². The number of aryl methyl sites for hydroxylation is 1. The predicted octanol–water partition coefficient (Wildman–Crippen LogP) is 5.25. The van der Waals surface area contributed by atoms with E-state index < -0.39 is 0 Å². The average Bonchev–Trinajstić information content (AvgIpc) is 3.51. The largest absolute Gasteiger partial charge is 0.342 e. The third kappa shape index (κ3) is 3.32. The van der Waals surface area contributed by atoms with Crippen molar-refractivity contribution in [1.29, 1.82) is 0 Å². The summed E-state index contributed by atoms with van der Waals surface area (Å²) in [4.78, 5) is 23.7. The molecular formula is C26H26FN3O. The first-order valence-corrected chi connectivity index (χ1v) is 10.9. The lowest BCUT2D eigenvalue weighted by atomic mass is 9.97. The van der Waals surface area contributed by atoms with E-state index in [1.54, 1.807) is 23.4 Å². The van der Waals surface area contributed by atoms with Crippen molar-refractivity contribution in [3.63, 3.8) is 0 Å². The molecule has 1 spiro atoms. The Bertz CT molecular complexity index is 1170. The van der Waals surface area contributed by atoms with Crippen molar-refractivity contribution >= 4 is 5.91 Å². The van der Waals surface area contributed by atoms with Crippen LogP contribution >= 0.6 is 0 Å². The Morgan fingerprint density at radius 1 is 1.16 bits per heavy atom. The van der Waals surface area contributed by atoms with Gasteiger partial charge in [0.25, 0.3) is 5.91 Å². The zero-order valence-electron chi connectivity index (χ0n) is 18.2. The molecule has 158 valence electrons. The van der Waals surface area contributed by atoms with Crippen molar-refractivity contribution in [2.45, 2.75) is 44.4 Å². The maximum Gasteiger partial charge on any atom is 0.253 e. The van der Waals surface area contributed by atoms with Crippen LogP contribution in [0.15, 0.2) is 48.8 Å². The molecule has 0 saturated heterocycles. The first-order chi connectivity index (χ1) is 14.9. The second-order valence-corrected chi connectivity index (χ2v) is 8.97. The Labute approximate surface area is 182 Å². The standard InChI is InChI=1S/C26H26FN3O/c1-4-30(3)25(31)17-6-7-22-20(12-17)21(13-26(22)9-10-26)24-28-14-18(15-29-24)19-11-16(2)5-8-23(19)27/h5-8,11-12,14-15,21H,4,9-10,13H2,1-3H3. The summed E-state index contributed by atoms with van der Waals surface area (Å²) in [5.74, 6) is 0.573. The number of benzene rings is 2. The molecule has 5 heteroatoms. The van der Waals surface area contributed by atoms with Crippen LogP contribution < -0.4 is 0 Å². The minimum atomic E-state index is -0.270. The van der Waals surface area contributed by atoms with Gasteiger partial charge in [-0.3, -0.25) is 4.79 Å². The lowest BCUT2D eigenvalue weighted by Gasteiger charge is -2.16. The lowest BCUT2D eigenvalue weighted by Crippen LogP contribution is -2.26. The minimum absolute atomic E-state index is 0.0342. The first-order valence-electron chi connectivity index (χ1n) is 10.9. The van der Waals surface area contributed by atoms with E-state index in [-0.39, 0.29) is 23.1 Å². The summed E-state index contributed by atoms with van der Waals surface area (Å²) in [7, 11) is 1.82. The number of hydrogen-bond donors (Lipinski definition) is 0. The molecule has 0 bridgehead atoms. The molecule has 1 atom stereocenters. The summed E-state index contributed by atoms with van der Waals surface area (Å²) in [5.41, 5.74) is 5.63. The number of rotatable bonds is 4. The molecule has 1 amide bonds. The van der Waals surface area contributed by atoms with Gasteiger partial charge >= 0.3 is 0 Å². The molecule has 0 aliphatic heterocycles. The van der Waals surface area contributed by atoms with Gasteiger partial charge in [0.05, 0.1) is 0 Å². The van der Waals surface area contributed by atoms with Crippen molar-refractivity contribution < 1.29 is 9.18 Å². The highest BCUT2D eigenvalue weighted by Gasteiger charge is 2.53. The fourth-order valence-electron chi connectivity index (χ4n) is 4.81. The monoisotopic (exact) mass is 415 g/mol. The van der Waals surface area contributed by atoms with Gasteiger partial charge in [0.15, 0.2) is 0 Å². The number of carbonyl (C=O) groups is 1. The third-order valence-electron chi connectivity index (χ3n) is 6.93. The highest BCUT2D eigenvalue weighted by molar-refractivity contribution is 5.94. The molecule has 2 aliphatic carbocycles. The Hall–Kier alpha value is -3.08. The molecule has 1 heterocycles. The van der Waals surface area contributed by atoms with Crippen molar-refractivity contribution in [1.82, 2.24) is 14.9 Å². The smallest absolute Gasteiger partial charge is 0.253 e. The second-order valence-electron chi connectivity index (χ2n) is 8.97. The van der Waals surface area contributed by atoms with E-state index in [0.29, 0.717) is 23.2 Å². The number of hydrogen-bond acceptors (Lipinski definition) is 3. The van der Waals surface area contributed by atoms with Crippen LogP contribution in [0.25, 0.3) is 11.1 Å². The minimum Gasteiger partial charge on any atom is -0.342 e. The fraction of sp³-hybridized carbons (Fsp3) is 0.346. The third-order valence-corrected chi connectivity index (χ3v) is 6.93. The number of aromatic nitrogens is 2. The van der Waals surface area contributed by atoms with Gasteiger partial charge in [-0.1, -0.05) is 17.7 Å². The Balaban J connectivity index is 1.51. The van der Waals surface area contributed by atoms with E-state index in [9.17, 15) is 9.18 Å². The van der Waals surface area contributed by atoms with Crippen LogP contribution in [-0.2, 0) is 5.41 Å². The van der Waals surface area contributed by atoms with Crippen LogP contribution in [0.2, 0.25) is 0 Å². The second kappa shape index (κ2) is 7.26. The maximum absolute atomic E-state index is 14.3. The molecule has 1 unspecified atom stereocenters. The predicted molar refractivity (Wildman–Crippen MR) is 119 cm³/mol. The van der Waals surface area contributed by atoms with Gasteiger partial charge in [-0.15, -0.1) is 0 Å². The molecule has 1 fully saturated rings. The number of nitrogens with zero attached hydrogens (tertiary/aromatic N) is 3. The topological polar surface area (TPSA) is 46.1 Å².